The molecule has 0 saturated heterocycles. The lowest BCUT2D eigenvalue weighted by Gasteiger charge is -2.35. The van der Waals surface area contributed by atoms with Gasteiger partial charge in [-0.1, -0.05) is 27.2 Å². The van der Waals surface area contributed by atoms with Gasteiger partial charge >= 0.3 is 0 Å². The van der Waals surface area contributed by atoms with E-state index in [2.05, 4.69) is 5.32 Å². The number of rotatable bonds is 7. The fraction of sp³-hybridized carbons (Fsp3) is 0.526. The summed E-state index contributed by atoms with van der Waals surface area (Å²) in [6.45, 7) is 7.82. The monoisotopic (exact) mass is 346 g/mol. The van der Waals surface area contributed by atoms with E-state index in [1.165, 1.54) is 11.8 Å². The van der Waals surface area contributed by atoms with Crippen LogP contribution in [0.4, 0.5) is 5.69 Å². The van der Waals surface area contributed by atoms with Crippen LogP contribution in [0.3, 0.4) is 0 Å². The van der Waals surface area contributed by atoms with Gasteiger partial charge in [0, 0.05) is 12.1 Å². The van der Waals surface area contributed by atoms with Gasteiger partial charge in [-0.15, -0.1) is 0 Å². The summed E-state index contributed by atoms with van der Waals surface area (Å²) < 4.78 is 5.82. The van der Waals surface area contributed by atoms with Crippen molar-refractivity contribution < 1.29 is 19.1 Å². The van der Waals surface area contributed by atoms with Gasteiger partial charge in [0.25, 0.3) is 5.91 Å². The second-order valence-corrected chi connectivity index (χ2v) is 6.65. The summed E-state index contributed by atoms with van der Waals surface area (Å²) in [5.41, 5.74) is 0.953. The molecule has 1 heterocycles. The van der Waals surface area contributed by atoms with Crippen LogP contribution in [0.1, 0.15) is 50.9 Å². The van der Waals surface area contributed by atoms with Crippen LogP contribution in [0.25, 0.3) is 0 Å². The predicted octanol–water partition coefficient (Wildman–Crippen LogP) is 2.56. The quantitative estimate of drug-likeness (QED) is 0.608. The summed E-state index contributed by atoms with van der Waals surface area (Å²) in [4.78, 5) is 38.1. The second-order valence-electron chi connectivity index (χ2n) is 6.65. The van der Waals surface area contributed by atoms with E-state index < -0.39 is 6.10 Å². The fourth-order valence-electron chi connectivity index (χ4n) is 2.69. The van der Waals surface area contributed by atoms with Crippen molar-refractivity contribution in [2.45, 2.75) is 46.6 Å². The molecule has 0 saturated carbocycles. The number of fused-ring (bicyclic) bond motifs is 1. The number of ether oxygens (including phenoxy) is 1. The van der Waals surface area contributed by atoms with Gasteiger partial charge in [0.15, 0.2) is 11.9 Å². The van der Waals surface area contributed by atoms with Crippen LogP contribution in [0.5, 0.6) is 5.75 Å². The molecule has 0 aliphatic carbocycles. The summed E-state index contributed by atoms with van der Waals surface area (Å²) in [5.74, 6) is -0.0868. The molecule has 1 aliphatic heterocycles. The zero-order valence-corrected chi connectivity index (χ0v) is 15.3. The lowest BCUT2D eigenvalue weighted by Crippen LogP contribution is -2.51. The van der Waals surface area contributed by atoms with Crippen LogP contribution in [0.2, 0.25) is 0 Å². The average Bonchev–Trinajstić information content (AvgIpc) is 2.56. The van der Waals surface area contributed by atoms with E-state index >= 15 is 0 Å². The number of amides is 2. The van der Waals surface area contributed by atoms with Gasteiger partial charge in [0.1, 0.15) is 12.3 Å². The number of hydrogen-bond acceptors (Lipinski definition) is 4. The van der Waals surface area contributed by atoms with E-state index in [1.54, 1.807) is 18.2 Å². The molecule has 6 nitrogen and oxygen atoms in total. The largest absolute Gasteiger partial charge is 0.478 e. The molecule has 1 aromatic rings. The molecule has 1 atom stereocenters. The minimum atomic E-state index is -0.640. The molecule has 136 valence electrons. The van der Waals surface area contributed by atoms with Crippen molar-refractivity contribution in [3.05, 3.63) is 23.8 Å². The number of nitrogens with zero attached hydrogens (tertiary/aromatic N) is 1. The number of unbranched alkanes of at least 4 members (excludes halogenated alkanes) is 1. The van der Waals surface area contributed by atoms with Crippen molar-refractivity contribution >= 4 is 23.3 Å². The van der Waals surface area contributed by atoms with Crippen molar-refractivity contribution in [3.63, 3.8) is 0 Å². The Labute approximate surface area is 148 Å². The van der Waals surface area contributed by atoms with Crippen LogP contribution >= 0.6 is 0 Å². The van der Waals surface area contributed by atoms with E-state index in [9.17, 15) is 14.4 Å². The molecule has 1 aliphatic rings. The van der Waals surface area contributed by atoms with E-state index in [-0.39, 0.29) is 30.1 Å². The van der Waals surface area contributed by atoms with Crippen LogP contribution in [0.15, 0.2) is 18.2 Å². The lowest BCUT2D eigenvalue weighted by atomic mass is 10.0. The first-order valence-corrected chi connectivity index (χ1v) is 8.74. The van der Waals surface area contributed by atoms with Gasteiger partial charge < -0.3 is 10.1 Å². The van der Waals surface area contributed by atoms with E-state index in [1.807, 2.05) is 20.8 Å². The highest BCUT2D eigenvalue weighted by molar-refractivity contribution is 6.05. The molecule has 1 unspecified atom stereocenters. The Hall–Kier alpha value is -2.37. The van der Waals surface area contributed by atoms with Gasteiger partial charge in [-0.2, -0.15) is 0 Å². The zero-order chi connectivity index (χ0) is 18.6. The van der Waals surface area contributed by atoms with Crippen molar-refractivity contribution in [2.24, 2.45) is 5.92 Å². The SMILES string of the molecule is CCCCNC(=O)CN1C(=O)C(C(C)C)Oc2ccc(C(C)=O)cc21. The first-order valence-electron chi connectivity index (χ1n) is 8.74. The lowest BCUT2D eigenvalue weighted by molar-refractivity contribution is -0.130. The van der Waals surface area contributed by atoms with Crippen LogP contribution < -0.4 is 15.0 Å². The van der Waals surface area contributed by atoms with Crippen molar-refractivity contribution in [1.29, 1.82) is 0 Å². The molecule has 0 bridgehead atoms. The Morgan fingerprint density at radius 1 is 1.32 bits per heavy atom. The standard InChI is InChI=1S/C19H26N2O4/c1-5-6-9-20-17(23)11-21-15-10-14(13(4)22)7-8-16(15)25-18(12(2)3)19(21)24/h7-8,10,12,18H,5-6,9,11H2,1-4H3,(H,20,23). The van der Waals surface area contributed by atoms with Crippen molar-refractivity contribution in [1.82, 2.24) is 5.32 Å². The van der Waals surface area contributed by atoms with Gasteiger partial charge in [-0.25, -0.2) is 0 Å². The molecule has 0 radical (unpaired) electrons. The number of carbonyl (C=O) groups excluding carboxylic acids is 3. The Balaban J connectivity index is 2.31. The van der Waals surface area contributed by atoms with Gasteiger partial charge in [0.05, 0.1) is 5.69 Å². The van der Waals surface area contributed by atoms with Gasteiger partial charge in [-0.3, -0.25) is 19.3 Å². The average molecular weight is 346 g/mol. The molecule has 0 fully saturated rings. The number of carbonyl (C=O) groups is 3. The smallest absolute Gasteiger partial charge is 0.268 e. The minimum absolute atomic E-state index is 0.0289. The van der Waals surface area contributed by atoms with Gasteiger partial charge in [0.2, 0.25) is 5.91 Å². The Kier molecular flexibility index (Phi) is 6.17. The van der Waals surface area contributed by atoms with Crippen molar-refractivity contribution in [2.75, 3.05) is 18.0 Å². The summed E-state index contributed by atoms with van der Waals surface area (Å²) >= 11 is 0. The maximum absolute atomic E-state index is 12.8. The van der Waals surface area contributed by atoms with Crippen molar-refractivity contribution in [3.8, 4) is 5.75 Å². The first kappa shape index (κ1) is 19.0. The Morgan fingerprint density at radius 3 is 2.64 bits per heavy atom. The Bertz CT molecular complexity index is 669. The zero-order valence-electron chi connectivity index (χ0n) is 15.3. The molecule has 6 heteroatoms. The van der Waals surface area contributed by atoms with Crippen LogP contribution in [-0.2, 0) is 9.59 Å². The fourth-order valence-corrected chi connectivity index (χ4v) is 2.69. The molecule has 1 N–H and O–H groups in total. The molecule has 1 aromatic carbocycles. The summed E-state index contributed by atoms with van der Waals surface area (Å²) in [5, 5.41) is 2.82. The number of ketones is 1. The number of nitrogens with one attached hydrogen (secondary N) is 1. The highest BCUT2D eigenvalue weighted by Crippen LogP contribution is 2.36. The second kappa shape index (κ2) is 8.14. The molecule has 25 heavy (non-hydrogen) atoms. The van der Waals surface area contributed by atoms with Gasteiger partial charge in [-0.05, 0) is 37.5 Å². The predicted molar refractivity (Wildman–Crippen MR) is 96.0 cm³/mol. The molecule has 0 spiro atoms. The highest BCUT2D eigenvalue weighted by atomic mass is 16.5. The normalized spacial score (nSPS) is 16.4. The number of Topliss-reactive ketones (excluding diaryl/α,β-unsaturated/α-hetero) is 1. The molecule has 2 amide bonds. The third-order valence-electron chi connectivity index (χ3n) is 4.18. The number of hydrogen-bond donors (Lipinski definition) is 1. The highest BCUT2D eigenvalue weighted by Gasteiger charge is 2.37. The first-order chi connectivity index (χ1) is 11.8. The third kappa shape index (κ3) is 4.38. The molecule has 2 rings (SSSR count). The maximum atomic E-state index is 12.8. The van der Waals surface area contributed by atoms with E-state index in [0.717, 1.165) is 12.8 Å². The summed E-state index contributed by atoms with van der Waals surface area (Å²) in [6.07, 6.45) is 1.23. The molecular weight excluding hydrogens is 320 g/mol. The topological polar surface area (TPSA) is 75.7 Å². The van der Waals surface area contributed by atoms with E-state index in [0.29, 0.717) is 23.5 Å². The van der Waals surface area contributed by atoms with Crippen LogP contribution in [0, 0.1) is 5.92 Å². The maximum Gasteiger partial charge on any atom is 0.268 e. The minimum Gasteiger partial charge on any atom is -0.478 e. The Morgan fingerprint density at radius 2 is 2.04 bits per heavy atom. The summed E-state index contributed by atoms with van der Waals surface area (Å²) in [6, 6.07) is 4.98. The number of anilines is 1. The summed E-state index contributed by atoms with van der Waals surface area (Å²) in [7, 11) is 0. The third-order valence-corrected chi connectivity index (χ3v) is 4.18. The molecule has 0 aromatic heterocycles. The number of benzene rings is 1. The van der Waals surface area contributed by atoms with E-state index in [4.69, 9.17) is 4.74 Å². The van der Waals surface area contributed by atoms with Crippen LogP contribution in [-0.4, -0.2) is 36.8 Å². The molecular formula is C19H26N2O4.